The summed E-state index contributed by atoms with van der Waals surface area (Å²) in [6.07, 6.45) is 6.30. The van der Waals surface area contributed by atoms with Gasteiger partial charge in [0, 0.05) is 18.3 Å². The van der Waals surface area contributed by atoms with E-state index in [9.17, 15) is 4.79 Å². The molecule has 3 heterocycles. The van der Waals surface area contributed by atoms with Crippen molar-refractivity contribution in [3.8, 4) is 28.4 Å². The Morgan fingerprint density at radius 1 is 1.21 bits per heavy atom. The lowest BCUT2D eigenvalue weighted by molar-refractivity contribution is -0.121. The number of methoxy groups -OCH3 is 1. The standard InChI is InChI=1S/C25H28N4O4/c1-31-20-5-7-23-17(10-20)9-18(15-32-23)25(30)29-22-6-4-16(19-12-27-28-13-19)11-24(22)33-21-3-2-8-26-14-21/h4-7,10-13,18,21,26H,2-3,8-9,14-15H2,1H3,(H,27,28)(H,29,30). The average molecular weight is 449 g/mol. The van der Waals surface area contributed by atoms with E-state index >= 15 is 0 Å². The number of piperidine rings is 1. The summed E-state index contributed by atoms with van der Waals surface area (Å²) in [5.41, 5.74) is 3.57. The van der Waals surface area contributed by atoms with Crippen LogP contribution in [0.25, 0.3) is 11.1 Å². The Hall–Kier alpha value is -3.52. The fraction of sp³-hybridized carbons (Fsp3) is 0.360. The molecule has 0 spiro atoms. The summed E-state index contributed by atoms with van der Waals surface area (Å²) >= 11 is 0. The maximum atomic E-state index is 13.2. The first-order chi connectivity index (χ1) is 16.2. The van der Waals surface area contributed by atoms with Crippen molar-refractivity contribution in [3.05, 3.63) is 54.4 Å². The van der Waals surface area contributed by atoms with Crippen LogP contribution >= 0.6 is 0 Å². The number of anilines is 1. The molecule has 1 amide bonds. The van der Waals surface area contributed by atoms with Gasteiger partial charge in [-0.25, -0.2) is 0 Å². The zero-order chi connectivity index (χ0) is 22.6. The van der Waals surface area contributed by atoms with E-state index in [-0.39, 0.29) is 17.9 Å². The maximum absolute atomic E-state index is 13.2. The summed E-state index contributed by atoms with van der Waals surface area (Å²) in [6.45, 7) is 2.13. The van der Waals surface area contributed by atoms with Gasteiger partial charge >= 0.3 is 0 Å². The number of nitrogens with one attached hydrogen (secondary N) is 3. The van der Waals surface area contributed by atoms with E-state index in [1.165, 1.54) is 0 Å². The number of ether oxygens (including phenoxy) is 3. The lowest BCUT2D eigenvalue weighted by atomic mass is 9.95. The average Bonchev–Trinajstić information content (AvgIpc) is 3.40. The molecule has 8 nitrogen and oxygen atoms in total. The number of benzene rings is 2. The quantitative estimate of drug-likeness (QED) is 0.535. The number of rotatable bonds is 6. The highest BCUT2D eigenvalue weighted by molar-refractivity contribution is 5.95. The number of hydrogen-bond donors (Lipinski definition) is 3. The van der Waals surface area contributed by atoms with E-state index in [4.69, 9.17) is 14.2 Å². The van der Waals surface area contributed by atoms with Crippen molar-refractivity contribution in [1.29, 1.82) is 0 Å². The SMILES string of the molecule is COc1ccc2c(c1)CC(C(=O)Nc1ccc(-c3cn[nH]c3)cc1OC1CCCNC1)CO2. The smallest absolute Gasteiger partial charge is 0.231 e. The second kappa shape index (κ2) is 9.54. The molecule has 1 aromatic heterocycles. The lowest BCUT2D eigenvalue weighted by Crippen LogP contribution is -2.37. The van der Waals surface area contributed by atoms with Gasteiger partial charge < -0.3 is 24.8 Å². The zero-order valence-electron chi connectivity index (χ0n) is 18.6. The number of carbonyl (C=O) groups is 1. The molecule has 1 saturated heterocycles. The zero-order valence-corrected chi connectivity index (χ0v) is 18.6. The predicted molar refractivity (Wildman–Crippen MR) is 125 cm³/mol. The van der Waals surface area contributed by atoms with Gasteiger partial charge in [-0.15, -0.1) is 0 Å². The number of aromatic amines is 1. The molecular weight excluding hydrogens is 420 g/mol. The molecule has 2 atom stereocenters. The second-order valence-electron chi connectivity index (χ2n) is 8.46. The number of carbonyl (C=O) groups excluding carboxylic acids is 1. The van der Waals surface area contributed by atoms with Gasteiger partial charge in [-0.3, -0.25) is 9.89 Å². The molecule has 8 heteroatoms. The number of fused-ring (bicyclic) bond motifs is 1. The van der Waals surface area contributed by atoms with Gasteiger partial charge in [0.2, 0.25) is 5.91 Å². The molecule has 33 heavy (non-hydrogen) atoms. The van der Waals surface area contributed by atoms with Gasteiger partial charge in [0.15, 0.2) is 0 Å². The lowest BCUT2D eigenvalue weighted by Gasteiger charge is -2.27. The molecule has 0 bridgehead atoms. The van der Waals surface area contributed by atoms with Crippen LogP contribution in [0.15, 0.2) is 48.8 Å². The van der Waals surface area contributed by atoms with Crippen LogP contribution in [0.2, 0.25) is 0 Å². The highest BCUT2D eigenvalue weighted by atomic mass is 16.5. The van der Waals surface area contributed by atoms with Crippen molar-refractivity contribution >= 4 is 11.6 Å². The van der Waals surface area contributed by atoms with E-state index in [2.05, 4.69) is 20.8 Å². The molecule has 3 N–H and O–H groups in total. The first-order valence-electron chi connectivity index (χ1n) is 11.3. The van der Waals surface area contributed by atoms with Crippen LogP contribution in [-0.4, -0.2) is 49.0 Å². The maximum Gasteiger partial charge on any atom is 0.231 e. The number of amides is 1. The summed E-state index contributed by atoms with van der Waals surface area (Å²) < 4.78 is 17.5. The van der Waals surface area contributed by atoms with Gasteiger partial charge in [-0.2, -0.15) is 5.10 Å². The normalized spacial score (nSPS) is 19.8. The van der Waals surface area contributed by atoms with Crippen molar-refractivity contribution < 1.29 is 19.0 Å². The third-order valence-electron chi connectivity index (χ3n) is 6.16. The van der Waals surface area contributed by atoms with Crippen molar-refractivity contribution in [2.45, 2.75) is 25.4 Å². The molecule has 0 aliphatic carbocycles. The number of aromatic nitrogens is 2. The monoisotopic (exact) mass is 448 g/mol. The first-order valence-corrected chi connectivity index (χ1v) is 11.3. The van der Waals surface area contributed by atoms with Gasteiger partial charge in [0.25, 0.3) is 0 Å². The minimum atomic E-state index is -0.303. The van der Waals surface area contributed by atoms with E-state index in [1.54, 1.807) is 13.3 Å². The first kappa shape index (κ1) is 21.3. The summed E-state index contributed by atoms with van der Waals surface area (Å²) in [5.74, 6) is 1.83. The molecule has 2 aliphatic rings. The van der Waals surface area contributed by atoms with Gasteiger partial charge in [-0.1, -0.05) is 6.07 Å². The molecule has 0 saturated carbocycles. The Morgan fingerprint density at radius 3 is 2.94 bits per heavy atom. The molecule has 2 aromatic carbocycles. The Morgan fingerprint density at radius 2 is 2.15 bits per heavy atom. The summed E-state index contributed by atoms with van der Waals surface area (Å²) in [6, 6.07) is 11.5. The molecule has 1 fully saturated rings. The molecule has 5 rings (SSSR count). The summed E-state index contributed by atoms with van der Waals surface area (Å²) in [4.78, 5) is 13.2. The van der Waals surface area contributed by atoms with E-state index < -0.39 is 0 Å². The van der Waals surface area contributed by atoms with Crippen molar-refractivity contribution in [3.63, 3.8) is 0 Å². The van der Waals surface area contributed by atoms with Gasteiger partial charge in [-0.05, 0) is 67.3 Å². The van der Waals surface area contributed by atoms with E-state index in [0.29, 0.717) is 24.5 Å². The van der Waals surface area contributed by atoms with E-state index in [0.717, 1.165) is 54.1 Å². The minimum Gasteiger partial charge on any atom is -0.497 e. The van der Waals surface area contributed by atoms with Crippen LogP contribution in [0, 0.1) is 5.92 Å². The number of H-pyrrole nitrogens is 1. The summed E-state index contributed by atoms with van der Waals surface area (Å²) in [5, 5.41) is 13.3. The van der Waals surface area contributed by atoms with Crippen molar-refractivity contribution in [2.75, 3.05) is 32.1 Å². The van der Waals surface area contributed by atoms with Crippen molar-refractivity contribution in [1.82, 2.24) is 15.5 Å². The Kier molecular flexibility index (Phi) is 6.17. The van der Waals surface area contributed by atoms with Crippen LogP contribution in [0.1, 0.15) is 18.4 Å². The third kappa shape index (κ3) is 4.80. The van der Waals surface area contributed by atoms with Gasteiger partial charge in [0.1, 0.15) is 30.0 Å². The highest BCUT2D eigenvalue weighted by Gasteiger charge is 2.27. The largest absolute Gasteiger partial charge is 0.497 e. The fourth-order valence-electron chi connectivity index (χ4n) is 4.31. The molecule has 3 aromatic rings. The molecule has 2 aliphatic heterocycles. The highest BCUT2D eigenvalue weighted by Crippen LogP contribution is 2.34. The fourth-order valence-corrected chi connectivity index (χ4v) is 4.31. The van der Waals surface area contributed by atoms with Crippen LogP contribution in [-0.2, 0) is 11.2 Å². The van der Waals surface area contributed by atoms with Gasteiger partial charge in [0.05, 0.1) is 24.9 Å². The molecule has 172 valence electrons. The number of hydrogen-bond acceptors (Lipinski definition) is 6. The van der Waals surface area contributed by atoms with Crippen LogP contribution in [0.4, 0.5) is 5.69 Å². The second-order valence-corrected chi connectivity index (χ2v) is 8.46. The van der Waals surface area contributed by atoms with Crippen LogP contribution < -0.4 is 24.8 Å². The minimum absolute atomic E-state index is 0.0614. The molecular formula is C25H28N4O4. The van der Waals surface area contributed by atoms with E-state index in [1.807, 2.05) is 42.6 Å². The summed E-state index contributed by atoms with van der Waals surface area (Å²) in [7, 11) is 1.63. The number of nitrogens with zero attached hydrogens (tertiary/aromatic N) is 1. The Labute approximate surface area is 192 Å². The van der Waals surface area contributed by atoms with Crippen molar-refractivity contribution in [2.24, 2.45) is 5.92 Å². The van der Waals surface area contributed by atoms with Crippen LogP contribution in [0.5, 0.6) is 17.2 Å². The Balaban J connectivity index is 1.35. The topological polar surface area (TPSA) is 97.5 Å². The molecule has 0 radical (unpaired) electrons. The molecule has 2 unspecified atom stereocenters. The third-order valence-corrected chi connectivity index (χ3v) is 6.16. The predicted octanol–water partition coefficient (Wildman–Crippen LogP) is 3.41. The van der Waals surface area contributed by atoms with Crippen LogP contribution in [0.3, 0.4) is 0 Å². The Bertz CT molecular complexity index is 1110.